The summed E-state index contributed by atoms with van der Waals surface area (Å²) in [6.07, 6.45) is 3.07. The van der Waals surface area contributed by atoms with E-state index in [-0.39, 0.29) is 11.5 Å². The van der Waals surface area contributed by atoms with Crippen LogP contribution in [-0.4, -0.2) is 30.5 Å². The molecule has 2 aromatic carbocycles. The van der Waals surface area contributed by atoms with Gasteiger partial charge < -0.3 is 14.3 Å². The van der Waals surface area contributed by atoms with Crippen molar-refractivity contribution in [3.63, 3.8) is 0 Å². The van der Waals surface area contributed by atoms with Crippen molar-refractivity contribution in [1.82, 2.24) is 19.6 Å². The lowest BCUT2D eigenvalue weighted by Crippen LogP contribution is -2.21. The highest BCUT2D eigenvalue weighted by Gasteiger charge is 2.37. The minimum absolute atomic E-state index is 0.0745. The van der Waals surface area contributed by atoms with Gasteiger partial charge in [0.25, 0.3) is 0 Å². The molecule has 1 atom stereocenters. The Hall–Kier alpha value is -4.46. The van der Waals surface area contributed by atoms with Crippen LogP contribution in [0, 0.1) is 0 Å². The summed E-state index contributed by atoms with van der Waals surface area (Å²) >= 11 is 0. The van der Waals surface area contributed by atoms with Gasteiger partial charge in [0, 0.05) is 5.57 Å². The molecule has 8 nitrogen and oxygen atoms in total. The van der Waals surface area contributed by atoms with Crippen molar-refractivity contribution in [1.29, 1.82) is 0 Å². The maximum absolute atomic E-state index is 12.6. The zero-order valence-corrected chi connectivity index (χ0v) is 17.8. The molecule has 0 saturated heterocycles. The van der Waals surface area contributed by atoms with Crippen LogP contribution in [0.15, 0.2) is 76.9 Å². The molecule has 0 radical (unpaired) electrons. The molecule has 1 aliphatic heterocycles. The second-order valence-electron chi connectivity index (χ2n) is 7.96. The van der Waals surface area contributed by atoms with Gasteiger partial charge in [0.05, 0.1) is 23.3 Å². The lowest BCUT2D eigenvalue weighted by molar-refractivity contribution is -0.114. The van der Waals surface area contributed by atoms with Crippen molar-refractivity contribution in [2.24, 2.45) is 0 Å². The van der Waals surface area contributed by atoms with Crippen LogP contribution in [0.3, 0.4) is 0 Å². The van der Waals surface area contributed by atoms with E-state index in [1.807, 2.05) is 36.4 Å². The van der Waals surface area contributed by atoms with Crippen LogP contribution in [0.4, 0.5) is 0 Å². The average Bonchev–Trinajstić information content (AvgIpc) is 3.47. The third-order valence-corrected chi connectivity index (χ3v) is 5.91. The number of ether oxygens (including phenoxy) is 1. The average molecular weight is 438 g/mol. The molecule has 5 aromatic rings. The van der Waals surface area contributed by atoms with Crippen LogP contribution in [-0.2, 0) is 4.79 Å². The van der Waals surface area contributed by atoms with Crippen molar-refractivity contribution in [2.75, 3.05) is 0 Å². The van der Waals surface area contributed by atoms with Gasteiger partial charge in [-0.2, -0.15) is 0 Å². The Balaban J connectivity index is 1.60. The summed E-state index contributed by atoms with van der Waals surface area (Å²) in [4.78, 5) is 21.7. The molecule has 1 aliphatic rings. The maximum atomic E-state index is 12.6. The van der Waals surface area contributed by atoms with Crippen molar-refractivity contribution in [3.05, 3.63) is 83.8 Å². The van der Waals surface area contributed by atoms with E-state index in [9.17, 15) is 9.90 Å². The molecule has 4 heterocycles. The predicted molar refractivity (Wildman–Crippen MR) is 120 cm³/mol. The summed E-state index contributed by atoms with van der Waals surface area (Å²) in [7, 11) is 0. The summed E-state index contributed by atoms with van der Waals surface area (Å²) in [6.45, 7) is 3.24. The van der Waals surface area contributed by atoms with Gasteiger partial charge in [-0.25, -0.2) is 14.5 Å². The minimum Gasteiger partial charge on any atom is -0.507 e. The number of allylic oxidation sites excluding steroid dienone is 2. The number of nitrogens with zero attached hydrogens (tertiary/aromatic N) is 4. The number of benzene rings is 2. The fraction of sp³-hybridized carbons (Fsp3) is 0.120. The molecular weight excluding hydrogens is 420 g/mol. The van der Waals surface area contributed by atoms with E-state index < -0.39 is 5.92 Å². The zero-order chi connectivity index (χ0) is 22.7. The molecule has 1 N–H and O–H groups in total. The Labute approximate surface area is 187 Å². The van der Waals surface area contributed by atoms with E-state index in [2.05, 4.69) is 10.1 Å². The largest absolute Gasteiger partial charge is 0.507 e. The second kappa shape index (κ2) is 7.03. The maximum Gasteiger partial charge on any atom is 0.228 e. The number of Topliss-reactive ketones (excluding diaryl/α,β-unsaturated/α-hetero) is 1. The fourth-order valence-electron chi connectivity index (χ4n) is 4.45. The number of hydrogen-bond donors (Lipinski definition) is 1. The van der Waals surface area contributed by atoms with Gasteiger partial charge in [-0.05, 0) is 48.9 Å². The number of fused-ring (bicyclic) bond motifs is 4. The number of hydrogen-bond acceptors (Lipinski definition) is 7. The Morgan fingerprint density at radius 3 is 2.64 bits per heavy atom. The lowest BCUT2D eigenvalue weighted by atomic mass is 9.85. The van der Waals surface area contributed by atoms with Gasteiger partial charge >= 0.3 is 0 Å². The first kappa shape index (κ1) is 19.2. The van der Waals surface area contributed by atoms with E-state index in [4.69, 9.17) is 14.1 Å². The molecule has 0 aliphatic carbocycles. The fourth-order valence-corrected chi connectivity index (χ4v) is 4.45. The first-order valence-corrected chi connectivity index (χ1v) is 10.4. The van der Waals surface area contributed by atoms with Crippen molar-refractivity contribution >= 4 is 22.2 Å². The predicted octanol–water partition coefficient (Wildman–Crippen LogP) is 4.63. The number of phenolic OH excluding ortho intramolecular Hbond substituents is 1. The molecule has 33 heavy (non-hydrogen) atoms. The van der Waals surface area contributed by atoms with E-state index >= 15 is 0 Å². The first-order valence-electron chi connectivity index (χ1n) is 10.4. The molecule has 8 heteroatoms. The molecule has 1 unspecified atom stereocenters. The number of carbonyl (C=O) groups is 1. The second-order valence-corrected chi connectivity index (χ2v) is 7.96. The quantitative estimate of drug-likeness (QED) is 0.438. The monoisotopic (exact) mass is 438 g/mol. The molecule has 0 spiro atoms. The highest BCUT2D eigenvalue weighted by atomic mass is 16.5. The molecular formula is C25H18N4O4. The molecule has 6 rings (SSSR count). The lowest BCUT2D eigenvalue weighted by Gasteiger charge is -2.26. The summed E-state index contributed by atoms with van der Waals surface area (Å²) in [6, 6.07) is 14.9. The molecule has 162 valence electrons. The SMILES string of the molecule is CC(=O)C1=C(C)Oc2ncn3nc(-c4cc5ccccc5cc4O)nc3c2C1c1ccco1. The summed E-state index contributed by atoms with van der Waals surface area (Å²) in [5.74, 6) is 1.13. The standard InChI is InChI=1S/C25H18N4O4/c1-13(30)20-14(2)33-25-22(21(20)19-8-5-9-32-19)24-27-23(28-29(24)12-26-25)17-10-15-6-3-4-7-16(15)11-18(17)31/h3-12,21,31H,1-2H3. The Bertz CT molecular complexity index is 1600. The number of carbonyl (C=O) groups excluding carboxylic acids is 1. The minimum atomic E-state index is -0.542. The van der Waals surface area contributed by atoms with Crippen LogP contribution < -0.4 is 4.74 Å². The molecule has 3 aromatic heterocycles. The van der Waals surface area contributed by atoms with E-state index in [0.717, 1.165) is 10.8 Å². The third kappa shape index (κ3) is 2.91. The first-order chi connectivity index (χ1) is 16.0. The summed E-state index contributed by atoms with van der Waals surface area (Å²) < 4.78 is 13.1. The summed E-state index contributed by atoms with van der Waals surface area (Å²) in [5.41, 5.74) is 2.03. The normalized spacial score (nSPS) is 15.6. The van der Waals surface area contributed by atoms with E-state index in [1.165, 1.54) is 17.8 Å². The number of aromatic hydroxyl groups is 1. The number of aromatic nitrogens is 4. The highest BCUT2D eigenvalue weighted by molar-refractivity contribution is 5.97. The molecule has 0 fully saturated rings. The van der Waals surface area contributed by atoms with Crippen molar-refractivity contribution in [2.45, 2.75) is 19.8 Å². The van der Waals surface area contributed by atoms with Gasteiger partial charge in [0.15, 0.2) is 17.3 Å². The van der Waals surface area contributed by atoms with E-state index in [0.29, 0.717) is 45.6 Å². The third-order valence-electron chi connectivity index (χ3n) is 5.91. The number of ketones is 1. The van der Waals surface area contributed by atoms with Crippen LogP contribution in [0.2, 0.25) is 0 Å². The van der Waals surface area contributed by atoms with Gasteiger partial charge in [-0.1, -0.05) is 24.3 Å². The summed E-state index contributed by atoms with van der Waals surface area (Å²) in [5, 5.41) is 17.1. The van der Waals surface area contributed by atoms with Crippen LogP contribution in [0.25, 0.3) is 27.8 Å². The number of furan rings is 1. The smallest absolute Gasteiger partial charge is 0.228 e. The van der Waals surface area contributed by atoms with Gasteiger partial charge in [-0.3, -0.25) is 4.79 Å². The Morgan fingerprint density at radius 1 is 1.12 bits per heavy atom. The van der Waals surface area contributed by atoms with Crippen LogP contribution in [0.1, 0.15) is 31.1 Å². The van der Waals surface area contributed by atoms with Crippen LogP contribution >= 0.6 is 0 Å². The molecule has 0 saturated carbocycles. The Kier molecular flexibility index (Phi) is 4.10. The molecule has 0 amide bonds. The Morgan fingerprint density at radius 2 is 1.91 bits per heavy atom. The zero-order valence-electron chi connectivity index (χ0n) is 17.8. The van der Waals surface area contributed by atoms with Gasteiger partial charge in [0.1, 0.15) is 23.6 Å². The highest BCUT2D eigenvalue weighted by Crippen LogP contribution is 2.44. The van der Waals surface area contributed by atoms with Crippen molar-refractivity contribution < 1.29 is 19.1 Å². The van der Waals surface area contributed by atoms with E-state index in [1.54, 1.807) is 25.3 Å². The van der Waals surface area contributed by atoms with Gasteiger partial charge in [-0.15, -0.1) is 5.10 Å². The van der Waals surface area contributed by atoms with Gasteiger partial charge in [0.2, 0.25) is 5.88 Å². The number of rotatable bonds is 3. The number of phenols is 1. The molecule has 0 bridgehead atoms. The van der Waals surface area contributed by atoms with Crippen molar-refractivity contribution in [3.8, 4) is 23.0 Å². The topological polar surface area (TPSA) is 103 Å². The van der Waals surface area contributed by atoms with Crippen LogP contribution in [0.5, 0.6) is 11.6 Å².